The number of amides is 1. The lowest BCUT2D eigenvalue weighted by atomic mass is 10.1. The molecule has 0 fully saturated rings. The van der Waals surface area contributed by atoms with Crippen molar-refractivity contribution in [1.29, 1.82) is 0 Å². The zero-order valence-electron chi connectivity index (χ0n) is 16.2. The van der Waals surface area contributed by atoms with Crippen LogP contribution >= 0.6 is 0 Å². The highest BCUT2D eigenvalue weighted by molar-refractivity contribution is 5.95. The summed E-state index contributed by atoms with van der Waals surface area (Å²) < 4.78 is 1.65. The standard InChI is InChI=1S/C22H21N7O/c23-17-4-7-19(8-5-17)29-14-18(27-28-29)6-10-22(30)26-21-12-15(3-9-20(21)24)16-2-1-11-25-13-16/h1-5,7-9,11-14H,6,10,23-24H2,(H,26,30). The number of nitrogens with zero attached hydrogens (tertiary/aromatic N) is 4. The Morgan fingerprint density at radius 1 is 1.03 bits per heavy atom. The number of carbonyl (C=O) groups excluding carboxylic acids is 1. The molecule has 4 aromatic rings. The largest absolute Gasteiger partial charge is 0.399 e. The highest BCUT2D eigenvalue weighted by Gasteiger charge is 2.10. The summed E-state index contributed by atoms with van der Waals surface area (Å²) in [6.45, 7) is 0. The Bertz CT molecular complexity index is 1150. The van der Waals surface area contributed by atoms with Crippen molar-refractivity contribution in [2.45, 2.75) is 12.8 Å². The number of anilines is 3. The Balaban J connectivity index is 1.39. The maximum Gasteiger partial charge on any atom is 0.224 e. The van der Waals surface area contributed by atoms with Crippen LogP contribution in [0.15, 0.2) is 73.2 Å². The van der Waals surface area contributed by atoms with Crippen molar-refractivity contribution in [3.05, 3.63) is 78.9 Å². The average molecular weight is 399 g/mol. The summed E-state index contributed by atoms with van der Waals surface area (Å²) in [5.41, 5.74) is 17.0. The van der Waals surface area contributed by atoms with Gasteiger partial charge in [-0.2, -0.15) is 0 Å². The summed E-state index contributed by atoms with van der Waals surface area (Å²) in [4.78, 5) is 16.6. The lowest BCUT2D eigenvalue weighted by Crippen LogP contribution is -2.13. The Labute approximate surface area is 173 Å². The van der Waals surface area contributed by atoms with E-state index >= 15 is 0 Å². The molecule has 4 rings (SSSR count). The number of hydrogen-bond acceptors (Lipinski definition) is 6. The fourth-order valence-corrected chi connectivity index (χ4v) is 3.00. The molecule has 0 unspecified atom stereocenters. The van der Waals surface area contributed by atoms with Crippen LogP contribution in [0.2, 0.25) is 0 Å². The van der Waals surface area contributed by atoms with E-state index in [1.807, 2.05) is 36.4 Å². The van der Waals surface area contributed by atoms with Crippen LogP contribution in [0.25, 0.3) is 16.8 Å². The molecule has 5 N–H and O–H groups in total. The molecule has 2 heterocycles. The smallest absolute Gasteiger partial charge is 0.224 e. The van der Waals surface area contributed by atoms with Gasteiger partial charge in [0.15, 0.2) is 0 Å². The molecule has 30 heavy (non-hydrogen) atoms. The molecule has 0 aliphatic carbocycles. The van der Waals surface area contributed by atoms with Gasteiger partial charge in [-0.1, -0.05) is 17.3 Å². The van der Waals surface area contributed by atoms with E-state index in [1.54, 1.807) is 41.5 Å². The van der Waals surface area contributed by atoms with Crippen molar-refractivity contribution < 1.29 is 4.79 Å². The van der Waals surface area contributed by atoms with Gasteiger partial charge in [0.2, 0.25) is 5.91 Å². The Morgan fingerprint density at radius 2 is 1.87 bits per heavy atom. The van der Waals surface area contributed by atoms with Crippen molar-refractivity contribution >= 4 is 23.0 Å². The van der Waals surface area contributed by atoms with Gasteiger partial charge in [0.05, 0.1) is 29.0 Å². The molecule has 0 spiro atoms. The first-order valence-corrected chi connectivity index (χ1v) is 9.45. The minimum Gasteiger partial charge on any atom is -0.399 e. The monoisotopic (exact) mass is 399 g/mol. The molecule has 8 heteroatoms. The van der Waals surface area contributed by atoms with Gasteiger partial charge >= 0.3 is 0 Å². The van der Waals surface area contributed by atoms with E-state index in [-0.39, 0.29) is 12.3 Å². The highest BCUT2D eigenvalue weighted by atomic mass is 16.1. The van der Waals surface area contributed by atoms with Crippen molar-refractivity contribution in [2.75, 3.05) is 16.8 Å². The maximum absolute atomic E-state index is 12.5. The fraction of sp³-hybridized carbons (Fsp3) is 0.0909. The summed E-state index contributed by atoms with van der Waals surface area (Å²) in [5, 5.41) is 11.1. The van der Waals surface area contributed by atoms with Crippen LogP contribution in [0.4, 0.5) is 17.1 Å². The number of pyridine rings is 1. The minimum atomic E-state index is -0.146. The van der Waals surface area contributed by atoms with E-state index in [0.29, 0.717) is 23.5 Å². The van der Waals surface area contributed by atoms with Crippen molar-refractivity contribution in [3.8, 4) is 16.8 Å². The summed E-state index contributed by atoms with van der Waals surface area (Å²) in [7, 11) is 0. The molecule has 0 bridgehead atoms. The molecule has 0 saturated carbocycles. The van der Waals surface area contributed by atoms with Gasteiger partial charge in [0, 0.05) is 36.5 Å². The van der Waals surface area contributed by atoms with Crippen LogP contribution < -0.4 is 16.8 Å². The van der Waals surface area contributed by atoms with E-state index in [9.17, 15) is 4.79 Å². The number of carbonyl (C=O) groups is 1. The first-order chi connectivity index (χ1) is 14.6. The summed E-state index contributed by atoms with van der Waals surface area (Å²) in [6.07, 6.45) is 6.00. The zero-order valence-corrected chi connectivity index (χ0v) is 16.2. The number of nitrogens with one attached hydrogen (secondary N) is 1. The first-order valence-electron chi connectivity index (χ1n) is 9.45. The number of aryl methyl sites for hydroxylation is 1. The number of nitrogen functional groups attached to an aromatic ring is 2. The molecule has 2 aromatic carbocycles. The topological polar surface area (TPSA) is 125 Å². The van der Waals surface area contributed by atoms with Gasteiger partial charge in [-0.05, 0) is 48.0 Å². The third kappa shape index (κ3) is 4.44. The van der Waals surface area contributed by atoms with Crippen LogP contribution in [0, 0.1) is 0 Å². The van der Waals surface area contributed by atoms with E-state index in [2.05, 4.69) is 20.6 Å². The second-order valence-corrected chi connectivity index (χ2v) is 6.84. The normalized spacial score (nSPS) is 10.7. The molecule has 2 aromatic heterocycles. The predicted molar refractivity (Wildman–Crippen MR) is 117 cm³/mol. The molecule has 0 aliphatic rings. The summed E-state index contributed by atoms with van der Waals surface area (Å²) >= 11 is 0. The van der Waals surface area contributed by atoms with Crippen LogP contribution in [-0.4, -0.2) is 25.9 Å². The van der Waals surface area contributed by atoms with Gasteiger partial charge in [0.25, 0.3) is 0 Å². The molecule has 0 saturated heterocycles. The highest BCUT2D eigenvalue weighted by Crippen LogP contribution is 2.27. The maximum atomic E-state index is 12.5. The van der Waals surface area contributed by atoms with Crippen LogP contribution in [0.5, 0.6) is 0 Å². The number of rotatable bonds is 6. The van der Waals surface area contributed by atoms with E-state index in [0.717, 1.165) is 22.5 Å². The molecule has 0 aliphatic heterocycles. The first kappa shape index (κ1) is 19.1. The number of benzene rings is 2. The lowest BCUT2D eigenvalue weighted by molar-refractivity contribution is -0.116. The SMILES string of the molecule is Nc1ccc(-n2cc(CCC(=O)Nc3cc(-c4cccnc4)ccc3N)nn2)cc1. The Hall–Kier alpha value is -4.20. The quantitative estimate of drug-likeness (QED) is 0.428. The van der Waals surface area contributed by atoms with Crippen molar-refractivity contribution in [2.24, 2.45) is 0 Å². The predicted octanol–water partition coefficient (Wildman–Crippen LogP) is 3.07. The van der Waals surface area contributed by atoms with Crippen LogP contribution in [-0.2, 0) is 11.2 Å². The third-order valence-electron chi connectivity index (χ3n) is 4.63. The van der Waals surface area contributed by atoms with Gasteiger partial charge in [-0.3, -0.25) is 9.78 Å². The van der Waals surface area contributed by atoms with E-state index < -0.39 is 0 Å². The van der Waals surface area contributed by atoms with Crippen molar-refractivity contribution in [1.82, 2.24) is 20.0 Å². The van der Waals surface area contributed by atoms with E-state index in [4.69, 9.17) is 11.5 Å². The molecule has 1 amide bonds. The fourth-order valence-electron chi connectivity index (χ4n) is 3.00. The molecule has 0 radical (unpaired) electrons. The van der Waals surface area contributed by atoms with Gasteiger partial charge in [-0.25, -0.2) is 4.68 Å². The molecular formula is C22H21N7O. The molecule has 8 nitrogen and oxygen atoms in total. The number of hydrogen-bond donors (Lipinski definition) is 3. The van der Waals surface area contributed by atoms with Gasteiger partial charge in [0.1, 0.15) is 0 Å². The lowest BCUT2D eigenvalue weighted by Gasteiger charge is -2.10. The third-order valence-corrected chi connectivity index (χ3v) is 4.63. The Kier molecular flexibility index (Phi) is 5.38. The van der Waals surface area contributed by atoms with Crippen LogP contribution in [0.3, 0.4) is 0 Å². The average Bonchev–Trinajstić information content (AvgIpc) is 3.24. The van der Waals surface area contributed by atoms with Crippen molar-refractivity contribution in [3.63, 3.8) is 0 Å². The molecular weight excluding hydrogens is 378 g/mol. The summed E-state index contributed by atoms with van der Waals surface area (Å²) in [6, 6.07) is 16.7. The van der Waals surface area contributed by atoms with E-state index in [1.165, 1.54) is 0 Å². The second kappa shape index (κ2) is 8.44. The molecule has 150 valence electrons. The Morgan fingerprint density at radius 3 is 2.63 bits per heavy atom. The van der Waals surface area contributed by atoms with Gasteiger partial charge in [-0.15, -0.1) is 5.10 Å². The summed E-state index contributed by atoms with van der Waals surface area (Å²) in [5.74, 6) is -0.146. The van der Waals surface area contributed by atoms with Gasteiger partial charge < -0.3 is 16.8 Å². The number of aromatic nitrogens is 4. The van der Waals surface area contributed by atoms with Crippen LogP contribution in [0.1, 0.15) is 12.1 Å². The number of nitrogens with two attached hydrogens (primary N) is 2. The second-order valence-electron chi connectivity index (χ2n) is 6.84. The zero-order chi connectivity index (χ0) is 20.9. The minimum absolute atomic E-state index is 0.146. The molecule has 0 atom stereocenters.